The fourth-order valence-corrected chi connectivity index (χ4v) is 1.08. The van der Waals surface area contributed by atoms with Gasteiger partial charge in [0.05, 0.1) is 6.61 Å². The quantitative estimate of drug-likeness (QED) is 0.778. The fraction of sp³-hybridized carbons (Fsp3) is 0.556. The van der Waals surface area contributed by atoms with E-state index >= 15 is 0 Å². The van der Waals surface area contributed by atoms with Crippen LogP contribution in [0.15, 0.2) is 6.07 Å². The van der Waals surface area contributed by atoms with Gasteiger partial charge in [0.15, 0.2) is 0 Å². The van der Waals surface area contributed by atoms with E-state index in [0.717, 1.165) is 0 Å². The lowest BCUT2D eigenvalue weighted by atomic mass is 10.2. The molecule has 5 heteroatoms. The summed E-state index contributed by atoms with van der Waals surface area (Å²) in [5.74, 6) is 1.25. The van der Waals surface area contributed by atoms with Crippen molar-refractivity contribution in [3.63, 3.8) is 0 Å². The first-order chi connectivity index (χ1) is 6.63. The molecule has 0 aliphatic rings. The Morgan fingerprint density at radius 1 is 1.50 bits per heavy atom. The van der Waals surface area contributed by atoms with Crippen molar-refractivity contribution in [2.45, 2.75) is 19.8 Å². The summed E-state index contributed by atoms with van der Waals surface area (Å²) in [5, 5.41) is 8.93. The molecule has 1 rings (SSSR count). The van der Waals surface area contributed by atoms with Gasteiger partial charge in [0.2, 0.25) is 5.88 Å². The van der Waals surface area contributed by atoms with E-state index in [1.165, 1.54) is 6.07 Å². The number of aliphatic hydroxyl groups is 1. The van der Waals surface area contributed by atoms with Crippen LogP contribution in [0.2, 0.25) is 5.15 Å². The van der Waals surface area contributed by atoms with E-state index in [1.54, 1.807) is 0 Å². The molecule has 1 aromatic heterocycles. The minimum Gasteiger partial charge on any atom is -0.475 e. The molecule has 0 saturated heterocycles. The first kappa shape index (κ1) is 11.2. The van der Waals surface area contributed by atoms with Crippen molar-refractivity contribution < 1.29 is 9.84 Å². The normalized spacial score (nSPS) is 10.6. The highest BCUT2D eigenvalue weighted by atomic mass is 35.5. The molecule has 0 aliphatic heterocycles. The lowest BCUT2D eigenvalue weighted by Gasteiger charge is -2.07. The van der Waals surface area contributed by atoms with E-state index in [0.29, 0.717) is 16.9 Å². The molecule has 0 aromatic carbocycles. The summed E-state index contributed by atoms with van der Waals surface area (Å²) < 4.78 is 5.14. The summed E-state index contributed by atoms with van der Waals surface area (Å²) in [6.45, 7) is 4.12. The molecule has 0 amide bonds. The maximum atomic E-state index is 8.57. The van der Waals surface area contributed by atoms with Crippen molar-refractivity contribution in [3.05, 3.63) is 17.0 Å². The molecular formula is C9H13ClN2O2. The fourth-order valence-electron chi connectivity index (χ4n) is 0.896. The van der Waals surface area contributed by atoms with Crippen molar-refractivity contribution in [1.82, 2.24) is 9.97 Å². The van der Waals surface area contributed by atoms with E-state index in [4.69, 9.17) is 21.4 Å². The third kappa shape index (κ3) is 3.12. The van der Waals surface area contributed by atoms with Crippen molar-refractivity contribution in [3.8, 4) is 5.88 Å². The van der Waals surface area contributed by atoms with Crippen LogP contribution in [0.3, 0.4) is 0 Å². The first-order valence-corrected chi connectivity index (χ1v) is 4.79. The molecule has 0 bridgehead atoms. The van der Waals surface area contributed by atoms with Crippen LogP contribution in [-0.2, 0) is 0 Å². The second-order valence-corrected chi connectivity index (χ2v) is 3.50. The van der Waals surface area contributed by atoms with E-state index in [2.05, 4.69) is 9.97 Å². The Hall–Kier alpha value is -0.870. The van der Waals surface area contributed by atoms with Gasteiger partial charge in [-0.05, 0) is 0 Å². The van der Waals surface area contributed by atoms with Crippen molar-refractivity contribution >= 4 is 11.6 Å². The highest BCUT2D eigenvalue weighted by molar-refractivity contribution is 6.29. The standard InChI is InChI=1S/C9H13ClN2O2/c1-6(2)9-11-7(10)5-8(12-9)14-4-3-13/h5-6,13H,3-4H2,1-2H3. The van der Waals surface area contributed by atoms with E-state index < -0.39 is 0 Å². The lowest BCUT2D eigenvalue weighted by molar-refractivity contribution is 0.196. The van der Waals surface area contributed by atoms with E-state index in [-0.39, 0.29) is 19.1 Å². The van der Waals surface area contributed by atoms with Gasteiger partial charge in [-0.15, -0.1) is 0 Å². The molecular weight excluding hydrogens is 204 g/mol. The second kappa shape index (κ2) is 5.12. The van der Waals surface area contributed by atoms with Crippen LogP contribution >= 0.6 is 11.6 Å². The lowest BCUT2D eigenvalue weighted by Crippen LogP contribution is -2.06. The number of aliphatic hydroxyl groups excluding tert-OH is 1. The molecule has 1 heterocycles. The van der Waals surface area contributed by atoms with Crippen LogP contribution in [0, 0.1) is 0 Å². The number of rotatable bonds is 4. The molecule has 4 nitrogen and oxygen atoms in total. The Labute approximate surface area is 87.9 Å². The average molecular weight is 217 g/mol. The van der Waals surface area contributed by atoms with Gasteiger partial charge in [-0.2, -0.15) is 4.98 Å². The third-order valence-electron chi connectivity index (χ3n) is 1.55. The summed E-state index contributed by atoms with van der Waals surface area (Å²) in [6.07, 6.45) is 0. The molecule has 78 valence electrons. The van der Waals surface area contributed by atoms with Crippen LogP contribution in [0.25, 0.3) is 0 Å². The molecule has 0 fully saturated rings. The number of hydrogen-bond donors (Lipinski definition) is 1. The molecule has 0 radical (unpaired) electrons. The maximum Gasteiger partial charge on any atom is 0.218 e. The Morgan fingerprint density at radius 3 is 2.79 bits per heavy atom. The number of halogens is 1. The van der Waals surface area contributed by atoms with E-state index in [1.807, 2.05) is 13.8 Å². The monoisotopic (exact) mass is 216 g/mol. The van der Waals surface area contributed by atoms with Gasteiger partial charge < -0.3 is 9.84 Å². The number of hydrogen-bond acceptors (Lipinski definition) is 4. The van der Waals surface area contributed by atoms with Crippen molar-refractivity contribution in [2.75, 3.05) is 13.2 Å². The summed E-state index contributed by atoms with van der Waals surface area (Å²) in [4.78, 5) is 8.19. The van der Waals surface area contributed by atoms with Crippen LogP contribution in [-0.4, -0.2) is 28.3 Å². The van der Waals surface area contributed by atoms with E-state index in [9.17, 15) is 0 Å². The van der Waals surface area contributed by atoms with Gasteiger partial charge in [-0.25, -0.2) is 4.98 Å². The Morgan fingerprint density at radius 2 is 2.21 bits per heavy atom. The van der Waals surface area contributed by atoms with Crippen LogP contribution in [0.4, 0.5) is 0 Å². The van der Waals surface area contributed by atoms with Gasteiger partial charge in [0, 0.05) is 12.0 Å². The minimum absolute atomic E-state index is 0.0430. The van der Waals surface area contributed by atoms with Gasteiger partial charge in [0.25, 0.3) is 0 Å². The number of nitrogens with zero attached hydrogens (tertiary/aromatic N) is 2. The van der Waals surface area contributed by atoms with Crippen LogP contribution < -0.4 is 4.74 Å². The SMILES string of the molecule is CC(C)c1nc(Cl)cc(OCCO)n1. The highest BCUT2D eigenvalue weighted by Gasteiger charge is 2.07. The summed E-state index contributed by atoms with van der Waals surface area (Å²) in [6, 6.07) is 1.53. The topological polar surface area (TPSA) is 55.2 Å². The third-order valence-corrected chi connectivity index (χ3v) is 1.74. The van der Waals surface area contributed by atoms with Gasteiger partial charge in [-0.1, -0.05) is 25.4 Å². The summed E-state index contributed by atoms with van der Waals surface area (Å²) >= 11 is 5.78. The Bertz CT molecular complexity index is 305. The zero-order chi connectivity index (χ0) is 10.6. The molecule has 0 spiro atoms. The molecule has 0 unspecified atom stereocenters. The van der Waals surface area contributed by atoms with Crippen LogP contribution in [0.5, 0.6) is 5.88 Å². The van der Waals surface area contributed by atoms with Crippen LogP contribution in [0.1, 0.15) is 25.6 Å². The minimum atomic E-state index is -0.0430. The van der Waals surface area contributed by atoms with Gasteiger partial charge in [0.1, 0.15) is 17.6 Å². The van der Waals surface area contributed by atoms with Crippen molar-refractivity contribution in [1.29, 1.82) is 0 Å². The molecule has 0 aliphatic carbocycles. The van der Waals surface area contributed by atoms with Gasteiger partial charge >= 0.3 is 0 Å². The summed E-state index contributed by atoms with van der Waals surface area (Å²) in [7, 11) is 0. The molecule has 0 saturated carbocycles. The largest absolute Gasteiger partial charge is 0.475 e. The first-order valence-electron chi connectivity index (χ1n) is 4.41. The summed E-state index contributed by atoms with van der Waals surface area (Å²) in [5.41, 5.74) is 0. The predicted molar refractivity (Wildman–Crippen MR) is 53.7 cm³/mol. The average Bonchev–Trinajstić information content (AvgIpc) is 2.14. The number of aromatic nitrogens is 2. The van der Waals surface area contributed by atoms with Crippen molar-refractivity contribution in [2.24, 2.45) is 0 Å². The zero-order valence-corrected chi connectivity index (χ0v) is 8.95. The smallest absolute Gasteiger partial charge is 0.218 e. The predicted octanol–water partition coefficient (Wildman–Crippen LogP) is 1.62. The molecule has 1 aromatic rings. The van der Waals surface area contributed by atoms with Gasteiger partial charge in [-0.3, -0.25) is 0 Å². The molecule has 14 heavy (non-hydrogen) atoms. The highest BCUT2D eigenvalue weighted by Crippen LogP contribution is 2.18. The zero-order valence-electron chi connectivity index (χ0n) is 8.20. The maximum absolute atomic E-state index is 8.57. The number of ether oxygens (including phenoxy) is 1. The Kier molecular flexibility index (Phi) is 4.10. The second-order valence-electron chi connectivity index (χ2n) is 3.11. The Balaban J connectivity index is 2.84. The molecule has 0 atom stereocenters. The molecule has 1 N–H and O–H groups in total.